The maximum atomic E-state index is 12.7. The molecule has 1 atom stereocenters. The molecular weight excluding hydrogens is 733 g/mol. The molecule has 1 unspecified atom stereocenters. The molecule has 0 radical (unpaired) electrons. The second-order valence-electron chi connectivity index (χ2n) is 15.4. The van der Waals surface area contributed by atoms with Gasteiger partial charge in [-0.2, -0.15) is 0 Å². The van der Waals surface area contributed by atoms with Gasteiger partial charge < -0.3 is 14.2 Å². The predicted molar refractivity (Wildman–Crippen MR) is 251 cm³/mol. The Labute approximate surface area is 362 Å². The first-order valence-electron chi connectivity index (χ1n) is 23.8. The SMILES string of the molecule is CC\C=C/C=C\C=C/C=C\CCCCCCCC(=O)OC(COC(=O)CCC/C=C\C/C=C\C/C=C\CCCCCCCC)COC(=O)CCC/C=C\CCCCCC. The largest absolute Gasteiger partial charge is 0.462 e. The fraction of sp³-hybridized carbons (Fsp3) is 0.642. The van der Waals surface area contributed by atoms with Gasteiger partial charge in [0.2, 0.25) is 0 Å². The maximum Gasteiger partial charge on any atom is 0.306 e. The van der Waals surface area contributed by atoms with Crippen molar-refractivity contribution in [3.05, 3.63) is 97.2 Å². The van der Waals surface area contributed by atoms with E-state index in [1.54, 1.807) is 0 Å². The van der Waals surface area contributed by atoms with Crippen molar-refractivity contribution < 1.29 is 28.6 Å². The van der Waals surface area contributed by atoms with Crippen molar-refractivity contribution in [1.82, 2.24) is 0 Å². The molecule has 0 N–H and O–H groups in total. The van der Waals surface area contributed by atoms with Crippen molar-refractivity contribution in [2.75, 3.05) is 13.2 Å². The zero-order chi connectivity index (χ0) is 43.0. The number of carbonyl (C=O) groups excluding carboxylic acids is 3. The molecule has 0 saturated heterocycles. The molecule has 0 amide bonds. The third-order valence-corrected chi connectivity index (χ3v) is 9.64. The number of rotatable bonds is 41. The second-order valence-corrected chi connectivity index (χ2v) is 15.4. The van der Waals surface area contributed by atoms with E-state index in [-0.39, 0.29) is 44.0 Å². The van der Waals surface area contributed by atoms with Crippen LogP contribution in [-0.4, -0.2) is 37.2 Å². The molecule has 0 aromatic heterocycles. The zero-order valence-electron chi connectivity index (χ0n) is 38.0. The van der Waals surface area contributed by atoms with Crippen LogP contribution in [0.5, 0.6) is 0 Å². The van der Waals surface area contributed by atoms with Gasteiger partial charge >= 0.3 is 17.9 Å². The molecule has 0 saturated carbocycles. The van der Waals surface area contributed by atoms with Crippen molar-refractivity contribution in [2.24, 2.45) is 0 Å². The summed E-state index contributed by atoms with van der Waals surface area (Å²) >= 11 is 0. The lowest BCUT2D eigenvalue weighted by Gasteiger charge is -2.18. The van der Waals surface area contributed by atoms with E-state index in [1.807, 2.05) is 24.3 Å². The van der Waals surface area contributed by atoms with Crippen LogP contribution in [0.2, 0.25) is 0 Å². The minimum atomic E-state index is -0.820. The van der Waals surface area contributed by atoms with Crippen LogP contribution in [0.4, 0.5) is 0 Å². The van der Waals surface area contributed by atoms with Gasteiger partial charge in [0.15, 0.2) is 6.10 Å². The number of hydrogen-bond acceptors (Lipinski definition) is 6. The normalized spacial score (nSPS) is 12.9. The van der Waals surface area contributed by atoms with E-state index in [9.17, 15) is 14.4 Å². The van der Waals surface area contributed by atoms with Crippen molar-refractivity contribution in [2.45, 2.75) is 207 Å². The molecule has 6 nitrogen and oxygen atoms in total. The van der Waals surface area contributed by atoms with E-state index < -0.39 is 6.10 Å². The minimum Gasteiger partial charge on any atom is -0.462 e. The first-order chi connectivity index (χ1) is 29.0. The molecule has 6 heteroatoms. The first-order valence-corrected chi connectivity index (χ1v) is 23.8. The summed E-state index contributed by atoms with van der Waals surface area (Å²) < 4.78 is 16.6. The molecule has 0 fully saturated rings. The maximum absolute atomic E-state index is 12.7. The topological polar surface area (TPSA) is 78.9 Å². The molecule has 0 spiro atoms. The Morgan fingerprint density at radius 1 is 0.373 bits per heavy atom. The molecule has 0 bridgehead atoms. The van der Waals surface area contributed by atoms with Crippen LogP contribution in [-0.2, 0) is 28.6 Å². The monoisotopic (exact) mass is 819 g/mol. The number of allylic oxidation sites excluding steroid dienone is 16. The van der Waals surface area contributed by atoms with Crippen LogP contribution in [0.15, 0.2) is 97.2 Å². The number of unbranched alkanes of at least 4 members (excludes halogenated alkanes) is 17. The van der Waals surface area contributed by atoms with Gasteiger partial charge in [-0.1, -0.05) is 189 Å². The molecule has 0 aliphatic rings. The van der Waals surface area contributed by atoms with E-state index in [4.69, 9.17) is 14.2 Å². The second kappa shape index (κ2) is 47.0. The third-order valence-electron chi connectivity index (χ3n) is 9.64. The lowest BCUT2D eigenvalue weighted by Crippen LogP contribution is -2.30. The molecule has 334 valence electrons. The average molecular weight is 819 g/mol. The Balaban J connectivity index is 4.51. The summed E-state index contributed by atoms with van der Waals surface area (Å²) in [6.45, 7) is 6.34. The molecule has 0 aliphatic heterocycles. The van der Waals surface area contributed by atoms with E-state index in [1.165, 1.54) is 70.6 Å². The van der Waals surface area contributed by atoms with Crippen molar-refractivity contribution in [3.8, 4) is 0 Å². The lowest BCUT2D eigenvalue weighted by molar-refractivity contribution is -0.167. The van der Waals surface area contributed by atoms with Crippen LogP contribution in [0.1, 0.15) is 201 Å². The molecule has 59 heavy (non-hydrogen) atoms. The van der Waals surface area contributed by atoms with Crippen molar-refractivity contribution in [1.29, 1.82) is 0 Å². The Bertz CT molecular complexity index is 1220. The number of carbonyl (C=O) groups is 3. The summed E-state index contributed by atoms with van der Waals surface area (Å²) in [7, 11) is 0. The summed E-state index contributed by atoms with van der Waals surface area (Å²) in [6, 6.07) is 0. The van der Waals surface area contributed by atoms with Gasteiger partial charge in [-0.15, -0.1) is 0 Å². The van der Waals surface area contributed by atoms with Gasteiger partial charge in [-0.3, -0.25) is 14.4 Å². The highest BCUT2D eigenvalue weighted by Gasteiger charge is 2.19. The van der Waals surface area contributed by atoms with E-state index in [0.29, 0.717) is 19.3 Å². The summed E-state index contributed by atoms with van der Waals surface area (Å²) in [6.07, 6.45) is 61.2. The molecular formula is C53H86O6. The molecule has 0 aromatic rings. The van der Waals surface area contributed by atoms with Gasteiger partial charge in [-0.25, -0.2) is 0 Å². The highest BCUT2D eigenvalue weighted by Crippen LogP contribution is 2.12. The number of ether oxygens (including phenoxy) is 3. The molecule has 0 rings (SSSR count). The first kappa shape index (κ1) is 55.3. The Hall–Kier alpha value is -3.67. The van der Waals surface area contributed by atoms with Crippen LogP contribution in [0.25, 0.3) is 0 Å². The van der Waals surface area contributed by atoms with Crippen LogP contribution in [0, 0.1) is 0 Å². The summed E-state index contributed by atoms with van der Waals surface area (Å²) in [5.41, 5.74) is 0. The van der Waals surface area contributed by atoms with Gasteiger partial charge in [0.1, 0.15) is 13.2 Å². The van der Waals surface area contributed by atoms with E-state index >= 15 is 0 Å². The smallest absolute Gasteiger partial charge is 0.306 e. The molecule has 0 aromatic carbocycles. The van der Waals surface area contributed by atoms with Crippen LogP contribution < -0.4 is 0 Å². The number of esters is 3. The molecule has 0 aliphatic carbocycles. The fourth-order valence-corrected chi connectivity index (χ4v) is 6.06. The van der Waals surface area contributed by atoms with E-state index in [2.05, 4.69) is 93.7 Å². The molecule has 0 heterocycles. The standard InChI is InChI=1S/C53H86O6/c1-4-7-10-13-16-19-21-23-25-26-28-29-31-34-37-40-43-46-52(55)58-49-50(48-57-51(54)45-42-39-36-33-18-15-12-9-6-3)59-53(56)47-44-41-38-35-32-30-27-24-22-20-17-14-11-8-5-2/h8,11,14,17,20,22-25,27-29,33-34,36-37,50H,4-7,9-10,12-13,15-16,18-19,21,26,30-32,35,38-49H2,1-3H3/b11-8-,17-14-,22-20-,25-23-,27-24-,29-28-,36-33-,37-34-. The van der Waals surface area contributed by atoms with Gasteiger partial charge in [0, 0.05) is 19.3 Å². The highest BCUT2D eigenvalue weighted by molar-refractivity contribution is 5.71. The van der Waals surface area contributed by atoms with Crippen molar-refractivity contribution >= 4 is 17.9 Å². The predicted octanol–water partition coefficient (Wildman–Crippen LogP) is 15.4. The number of hydrogen-bond donors (Lipinski definition) is 0. The summed E-state index contributed by atoms with van der Waals surface area (Å²) in [4.78, 5) is 37.7. The Morgan fingerprint density at radius 2 is 0.746 bits per heavy atom. The summed E-state index contributed by atoms with van der Waals surface area (Å²) in [5, 5.41) is 0. The van der Waals surface area contributed by atoms with Crippen molar-refractivity contribution in [3.63, 3.8) is 0 Å². The quantitative estimate of drug-likeness (QED) is 0.0201. The van der Waals surface area contributed by atoms with Gasteiger partial charge in [0.25, 0.3) is 0 Å². The van der Waals surface area contributed by atoms with Gasteiger partial charge in [0.05, 0.1) is 0 Å². The van der Waals surface area contributed by atoms with Gasteiger partial charge in [-0.05, 0) is 89.9 Å². The van der Waals surface area contributed by atoms with E-state index in [0.717, 1.165) is 77.0 Å². The third kappa shape index (κ3) is 45.3. The Morgan fingerprint density at radius 3 is 1.27 bits per heavy atom. The zero-order valence-corrected chi connectivity index (χ0v) is 38.0. The average Bonchev–Trinajstić information content (AvgIpc) is 3.23. The van der Waals surface area contributed by atoms with Crippen LogP contribution in [0.3, 0.4) is 0 Å². The highest BCUT2D eigenvalue weighted by atomic mass is 16.6. The minimum absolute atomic E-state index is 0.120. The fourth-order valence-electron chi connectivity index (χ4n) is 6.06. The summed E-state index contributed by atoms with van der Waals surface area (Å²) in [5.74, 6) is -1.04. The lowest BCUT2D eigenvalue weighted by atomic mass is 10.1. The van der Waals surface area contributed by atoms with Crippen LogP contribution >= 0.6 is 0 Å². The Kier molecular flexibility index (Phi) is 44.1.